The molecule has 1 heterocycles. The summed E-state index contributed by atoms with van der Waals surface area (Å²) in [6, 6.07) is 5.25. The van der Waals surface area contributed by atoms with E-state index >= 15 is 0 Å². The molecule has 0 bridgehead atoms. The number of rotatable bonds is 0. The van der Waals surface area contributed by atoms with E-state index in [-0.39, 0.29) is 11.7 Å². The van der Waals surface area contributed by atoms with Crippen molar-refractivity contribution in [2.75, 3.05) is 0 Å². The molecule has 68 valence electrons. The molecular formula is C10H11NO2. The van der Waals surface area contributed by atoms with Gasteiger partial charge in [-0.2, -0.15) is 0 Å². The molecule has 1 aromatic carbocycles. The highest BCUT2D eigenvalue weighted by Gasteiger charge is 2.11. The first kappa shape index (κ1) is 8.10. The van der Waals surface area contributed by atoms with E-state index in [0.29, 0.717) is 13.0 Å². The summed E-state index contributed by atoms with van der Waals surface area (Å²) >= 11 is 0. The molecule has 2 rings (SSSR count). The molecule has 0 saturated carbocycles. The summed E-state index contributed by atoms with van der Waals surface area (Å²) in [5.74, 6) is 0.339. The number of nitrogens with one attached hydrogen (secondary N) is 1. The first-order valence-electron chi connectivity index (χ1n) is 4.33. The van der Waals surface area contributed by atoms with Crippen LogP contribution in [-0.2, 0) is 17.8 Å². The highest BCUT2D eigenvalue weighted by atomic mass is 16.3. The molecule has 0 radical (unpaired) electrons. The summed E-state index contributed by atoms with van der Waals surface area (Å²) in [5.41, 5.74) is 2.17. The first-order chi connectivity index (χ1) is 6.25. The van der Waals surface area contributed by atoms with Crippen molar-refractivity contribution in [3.63, 3.8) is 0 Å². The van der Waals surface area contributed by atoms with Crippen LogP contribution in [-0.4, -0.2) is 11.0 Å². The number of carbonyl (C=O) groups excluding carboxylic acids is 1. The van der Waals surface area contributed by atoms with E-state index in [1.165, 1.54) is 0 Å². The van der Waals surface area contributed by atoms with Crippen molar-refractivity contribution in [2.24, 2.45) is 0 Å². The molecule has 0 spiro atoms. The topological polar surface area (TPSA) is 49.3 Å². The van der Waals surface area contributed by atoms with E-state index < -0.39 is 0 Å². The van der Waals surface area contributed by atoms with E-state index in [0.717, 1.165) is 17.5 Å². The fraction of sp³-hybridized carbons (Fsp3) is 0.300. The monoisotopic (exact) mass is 177 g/mol. The van der Waals surface area contributed by atoms with Crippen molar-refractivity contribution in [3.05, 3.63) is 29.3 Å². The zero-order valence-corrected chi connectivity index (χ0v) is 7.21. The number of hydrogen-bond acceptors (Lipinski definition) is 2. The zero-order valence-electron chi connectivity index (χ0n) is 7.21. The molecular weight excluding hydrogens is 166 g/mol. The van der Waals surface area contributed by atoms with E-state index in [4.69, 9.17) is 0 Å². The first-order valence-corrected chi connectivity index (χ1v) is 4.33. The minimum atomic E-state index is 0.0793. The molecule has 0 atom stereocenters. The van der Waals surface area contributed by atoms with Gasteiger partial charge in [0.25, 0.3) is 0 Å². The fourth-order valence-corrected chi connectivity index (χ4v) is 1.55. The predicted molar refractivity (Wildman–Crippen MR) is 48.3 cm³/mol. The number of phenols is 1. The van der Waals surface area contributed by atoms with Gasteiger partial charge in [-0.15, -0.1) is 0 Å². The molecule has 0 aliphatic carbocycles. The van der Waals surface area contributed by atoms with Gasteiger partial charge in [0.2, 0.25) is 5.91 Å². The van der Waals surface area contributed by atoms with Crippen LogP contribution in [0.3, 0.4) is 0 Å². The van der Waals surface area contributed by atoms with Crippen molar-refractivity contribution in [1.82, 2.24) is 5.32 Å². The van der Waals surface area contributed by atoms with Gasteiger partial charge < -0.3 is 10.4 Å². The number of amides is 1. The lowest BCUT2D eigenvalue weighted by atomic mass is 10.0. The summed E-state index contributed by atoms with van der Waals surface area (Å²) in [5, 5.41) is 12.0. The molecule has 1 aliphatic heterocycles. The van der Waals surface area contributed by atoms with Crippen molar-refractivity contribution >= 4 is 5.91 Å². The minimum Gasteiger partial charge on any atom is -0.508 e. The van der Waals surface area contributed by atoms with Crippen LogP contribution >= 0.6 is 0 Å². The quantitative estimate of drug-likeness (QED) is 0.620. The molecule has 0 saturated heterocycles. The Balaban J connectivity index is 2.35. The standard InChI is InChI=1S/C10H11NO2/c12-9-3-1-7-2-4-10(13)11-6-8(7)5-9/h1,3,5,12H,2,4,6H2,(H,11,13). The zero-order chi connectivity index (χ0) is 9.26. The summed E-state index contributed by atoms with van der Waals surface area (Å²) in [7, 11) is 0. The second-order valence-corrected chi connectivity index (χ2v) is 3.23. The Morgan fingerprint density at radius 1 is 1.23 bits per heavy atom. The van der Waals surface area contributed by atoms with E-state index in [9.17, 15) is 9.90 Å². The van der Waals surface area contributed by atoms with Crippen molar-refractivity contribution < 1.29 is 9.90 Å². The number of aromatic hydroxyl groups is 1. The maximum Gasteiger partial charge on any atom is 0.220 e. The number of hydrogen-bond donors (Lipinski definition) is 2. The van der Waals surface area contributed by atoms with Gasteiger partial charge in [0.05, 0.1) is 0 Å². The Morgan fingerprint density at radius 3 is 2.92 bits per heavy atom. The third-order valence-electron chi connectivity index (χ3n) is 2.29. The van der Waals surface area contributed by atoms with Gasteiger partial charge in [0.15, 0.2) is 0 Å². The molecule has 1 aliphatic rings. The number of aryl methyl sites for hydroxylation is 1. The Morgan fingerprint density at radius 2 is 2.08 bits per heavy atom. The summed E-state index contributed by atoms with van der Waals surface area (Å²) < 4.78 is 0. The maximum absolute atomic E-state index is 11.1. The molecule has 1 aromatic rings. The third kappa shape index (κ3) is 1.64. The second kappa shape index (κ2) is 3.09. The highest BCUT2D eigenvalue weighted by Crippen LogP contribution is 2.19. The Hall–Kier alpha value is -1.51. The summed E-state index contributed by atoms with van der Waals surface area (Å²) in [6.07, 6.45) is 1.30. The van der Waals surface area contributed by atoms with Crippen molar-refractivity contribution in [3.8, 4) is 5.75 Å². The van der Waals surface area contributed by atoms with Gasteiger partial charge >= 0.3 is 0 Å². The van der Waals surface area contributed by atoms with Crippen molar-refractivity contribution in [1.29, 1.82) is 0 Å². The molecule has 0 aromatic heterocycles. The molecule has 0 unspecified atom stereocenters. The highest BCUT2D eigenvalue weighted by molar-refractivity contribution is 5.77. The van der Waals surface area contributed by atoms with Crippen LogP contribution < -0.4 is 5.32 Å². The Labute approximate surface area is 76.4 Å². The van der Waals surface area contributed by atoms with Crippen LogP contribution in [0.2, 0.25) is 0 Å². The maximum atomic E-state index is 11.1. The van der Waals surface area contributed by atoms with E-state index in [1.54, 1.807) is 12.1 Å². The summed E-state index contributed by atoms with van der Waals surface area (Å²) in [4.78, 5) is 11.1. The van der Waals surface area contributed by atoms with E-state index in [1.807, 2.05) is 6.07 Å². The second-order valence-electron chi connectivity index (χ2n) is 3.23. The van der Waals surface area contributed by atoms with Gasteiger partial charge in [-0.1, -0.05) is 6.07 Å². The van der Waals surface area contributed by atoms with Crippen LogP contribution in [0, 0.1) is 0 Å². The van der Waals surface area contributed by atoms with Gasteiger partial charge in [-0.3, -0.25) is 4.79 Å². The lowest BCUT2D eigenvalue weighted by Gasteiger charge is -2.04. The number of carbonyl (C=O) groups is 1. The Bertz CT molecular complexity index is 347. The molecule has 3 nitrogen and oxygen atoms in total. The lowest BCUT2D eigenvalue weighted by Crippen LogP contribution is -2.20. The third-order valence-corrected chi connectivity index (χ3v) is 2.29. The van der Waals surface area contributed by atoms with Crippen LogP contribution in [0.15, 0.2) is 18.2 Å². The normalized spacial score (nSPS) is 15.8. The molecule has 0 fully saturated rings. The minimum absolute atomic E-state index is 0.0793. The lowest BCUT2D eigenvalue weighted by molar-refractivity contribution is -0.121. The SMILES string of the molecule is O=C1CCc2ccc(O)cc2CN1. The van der Waals surface area contributed by atoms with Crippen LogP contribution in [0.1, 0.15) is 17.5 Å². The average molecular weight is 177 g/mol. The van der Waals surface area contributed by atoms with Crippen molar-refractivity contribution in [2.45, 2.75) is 19.4 Å². The van der Waals surface area contributed by atoms with Gasteiger partial charge in [-0.05, 0) is 29.7 Å². The van der Waals surface area contributed by atoms with Crippen LogP contribution in [0.5, 0.6) is 5.75 Å². The number of phenolic OH excluding ortho intramolecular Hbond substituents is 1. The Kier molecular flexibility index (Phi) is 1.93. The van der Waals surface area contributed by atoms with Crippen LogP contribution in [0.25, 0.3) is 0 Å². The van der Waals surface area contributed by atoms with Gasteiger partial charge in [0, 0.05) is 13.0 Å². The average Bonchev–Trinajstić information content (AvgIpc) is 2.29. The van der Waals surface area contributed by atoms with E-state index in [2.05, 4.69) is 5.32 Å². The number of fused-ring (bicyclic) bond motifs is 1. The summed E-state index contributed by atoms with van der Waals surface area (Å²) in [6.45, 7) is 0.530. The van der Waals surface area contributed by atoms with Crippen LogP contribution in [0.4, 0.5) is 0 Å². The molecule has 13 heavy (non-hydrogen) atoms. The fourth-order valence-electron chi connectivity index (χ4n) is 1.55. The van der Waals surface area contributed by atoms with Gasteiger partial charge in [-0.25, -0.2) is 0 Å². The molecule has 1 amide bonds. The smallest absolute Gasteiger partial charge is 0.220 e. The largest absolute Gasteiger partial charge is 0.508 e. The molecule has 3 heteroatoms. The predicted octanol–water partition coefficient (Wildman–Crippen LogP) is 0.955. The number of benzene rings is 1. The van der Waals surface area contributed by atoms with Gasteiger partial charge in [0.1, 0.15) is 5.75 Å². The molecule has 2 N–H and O–H groups in total.